The average Bonchev–Trinajstić information content (AvgIpc) is 2.57. The molecule has 0 aliphatic rings. The van der Waals surface area contributed by atoms with E-state index in [0.29, 0.717) is 16.5 Å². The average molecular weight is 225 g/mol. The Kier molecular flexibility index (Phi) is 2.91. The maximum absolute atomic E-state index is 12.7. The van der Waals surface area contributed by atoms with E-state index in [9.17, 15) is 4.39 Å². The van der Waals surface area contributed by atoms with Crippen molar-refractivity contribution in [3.8, 4) is 0 Å². The lowest BCUT2D eigenvalue weighted by Gasteiger charge is -1.99. The van der Waals surface area contributed by atoms with Gasteiger partial charge < -0.3 is 0 Å². The number of hydrogen-bond donors (Lipinski definition) is 0. The predicted octanol–water partition coefficient (Wildman–Crippen LogP) is 1.84. The van der Waals surface area contributed by atoms with Crippen LogP contribution in [0, 0.1) is 0 Å². The Bertz CT molecular complexity index is 485. The molecular formula is C9H10BClFN3. The van der Waals surface area contributed by atoms with Gasteiger partial charge in [0.25, 0.3) is 0 Å². The molecule has 0 spiro atoms. The second-order valence-corrected chi connectivity index (χ2v) is 3.70. The van der Waals surface area contributed by atoms with Crippen molar-refractivity contribution in [3.63, 3.8) is 0 Å². The van der Waals surface area contributed by atoms with Gasteiger partial charge >= 0.3 is 0 Å². The molecule has 0 atom stereocenters. The number of nitrogens with zero attached hydrogens (tertiary/aromatic N) is 3. The van der Waals surface area contributed by atoms with Crippen LogP contribution >= 0.6 is 11.6 Å². The molecule has 0 radical (unpaired) electrons. The van der Waals surface area contributed by atoms with Crippen molar-refractivity contribution in [1.82, 2.24) is 14.6 Å². The lowest BCUT2D eigenvalue weighted by atomic mass is 9.76. The second-order valence-electron chi connectivity index (χ2n) is 3.31. The second kappa shape index (κ2) is 4.19. The Morgan fingerprint density at radius 3 is 3.00 bits per heavy atom. The van der Waals surface area contributed by atoms with E-state index in [-0.39, 0.29) is 0 Å². The minimum atomic E-state index is -0.559. The topological polar surface area (TPSA) is 30.2 Å². The molecule has 6 heteroatoms. The summed E-state index contributed by atoms with van der Waals surface area (Å²) in [7, 11) is 0.926. The minimum Gasteiger partial charge on any atom is -0.244 e. The molecule has 2 heterocycles. The minimum absolute atomic E-state index is 0.391. The fourth-order valence-corrected chi connectivity index (χ4v) is 1.73. The van der Waals surface area contributed by atoms with Crippen molar-refractivity contribution in [2.45, 2.75) is 19.8 Å². The Balaban J connectivity index is 2.65. The lowest BCUT2D eigenvalue weighted by molar-refractivity contribution is 0.475. The van der Waals surface area contributed by atoms with Crippen LogP contribution in [0.5, 0.6) is 0 Å². The molecule has 0 aliphatic heterocycles. The third-order valence-corrected chi connectivity index (χ3v) is 2.44. The Hall–Kier alpha value is -1.10. The third kappa shape index (κ3) is 1.84. The van der Waals surface area contributed by atoms with E-state index in [1.54, 1.807) is 16.6 Å². The molecule has 0 unspecified atom stereocenters. The molecule has 0 bridgehead atoms. The van der Waals surface area contributed by atoms with Gasteiger partial charge in [-0.3, -0.25) is 0 Å². The predicted molar refractivity (Wildman–Crippen MR) is 59.5 cm³/mol. The summed E-state index contributed by atoms with van der Waals surface area (Å²) in [5, 5.41) is 4.51. The van der Waals surface area contributed by atoms with E-state index in [4.69, 9.17) is 11.6 Å². The van der Waals surface area contributed by atoms with Crippen LogP contribution in [0.4, 0.5) is 4.39 Å². The molecule has 78 valence electrons. The Labute approximate surface area is 92.5 Å². The molecule has 0 N–H and O–H groups in total. The molecule has 2 aromatic heterocycles. The summed E-state index contributed by atoms with van der Waals surface area (Å²) in [5.74, 6) is 0. The molecule has 2 aromatic rings. The van der Waals surface area contributed by atoms with Crippen molar-refractivity contribution in [3.05, 3.63) is 28.7 Å². The van der Waals surface area contributed by atoms with Gasteiger partial charge in [-0.25, -0.2) is 13.9 Å². The summed E-state index contributed by atoms with van der Waals surface area (Å²) in [6.07, 6.45) is 0.758. The highest BCUT2D eigenvalue weighted by Crippen LogP contribution is 2.15. The summed E-state index contributed by atoms with van der Waals surface area (Å²) in [4.78, 5) is 4.16. The van der Waals surface area contributed by atoms with E-state index in [0.717, 1.165) is 19.3 Å². The summed E-state index contributed by atoms with van der Waals surface area (Å²) < 4.78 is 14.3. The van der Waals surface area contributed by atoms with E-state index >= 15 is 0 Å². The Morgan fingerprint density at radius 2 is 2.33 bits per heavy atom. The van der Waals surface area contributed by atoms with Gasteiger partial charge in [0.05, 0.1) is 11.4 Å². The molecule has 3 nitrogen and oxygen atoms in total. The van der Waals surface area contributed by atoms with Gasteiger partial charge in [-0.1, -0.05) is 18.4 Å². The first-order valence-electron chi connectivity index (χ1n) is 4.85. The van der Waals surface area contributed by atoms with Crippen LogP contribution in [0.2, 0.25) is 12.0 Å². The number of imidazole rings is 1. The number of hydrogen-bond acceptors (Lipinski definition) is 2. The summed E-state index contributed by atoms with van der Waals surface area (Å²) in [5.41, 5.74) is 1.93. The highest BCUT2D eigenvalue weighted by Gasteiger charge is 2.12. The third-order valence-electron chi connectivity index (χ3n) is 2.23. The van der Waals surface area contributed by atoms with Gasteiger partial charge in [-0.15, -0.1) is 0 Å². The quantitative estimate of drug-likeness (QED) is 0.746. The van der Waals surface area contributed by atoms with Crippen molar-refractivity contribution in [2.75, 3.05) is 0 Å². The molecule has 0 saturated carbocycles. The molecular weight excluding hydrogens is 215 g/mol. The molecule has 2 rings (SSSR count). The zero-order valence-electron chi connectivity index (χ0n) is 8.37. The first-order valence-corrected chi connectivity index (χ1v) is 5.23. The summed E-state index contributed by atoms with van der Waals surface area (Å²) in [6.45, 7) is 1.47. The normalized spacial score (nSPS) is 10.9. The zero-order chi connectivity index (χ0) is 10.8. The molecule has 0 aromatic carbocycles. The fraction of sp³-hybridized carbons (Fsp3) is 0.333. The molecule has 15 heavy (non-hydrogen) atoms. The van der Waals surface area contributed by atoms with Crippen LogP contribution in [0.15, 0.2) is 12.1 Å². The van der Waals surface area contributed by atoms with E-state index in [2.05, 4.69) is 10.1 Å². The number of aromatic nitrogens is 3. The first kappa shape index (κ1) is 10.4. The smallest absolute Gasteiger partial charge is 0.154 e. The van der Waals surface area contributed by atoms with Gasteiger partial charge in [0.2, 0.25) is 0 Å². The van der Waals surface area contributed by atoms with Crippen LogP contribution in [0.25, 0.3) is 5.65 Å². The molecule has 0 saturated heterocycles. The molecule has 0 aliphatic carbocycles. The number of rotatable bonds is 3. The van der Waals surface area contributed by atoms with Crippen molar-refractivity contribution < 1.29 is 4.39 Å². The Morgan fingerprint density at radius 1 is 1.53 bits per heavy atom. The summed E-state index contributed by atoms with van der Waals surface area (Å²) in [6, 6.07) is 3.40. The maximum Gasteiger partial charge on any atom is 0.154 e. The fourth-order valence-electron chi connectivity index (χ4n) is 1.60. The first-order chi connectivity index (χ1) is 7.26. The van der Waals surface area contributed by atoms with E-state index in [1.165, 1.54) is 0 Å². The van der Waals surface area contributed by atoms with Crippen LogP contribution in [-0.4, -0.2) is 21.9 Å². The monoisotopic (exact) mass is 225 g/mol. The van der Waals surface area contributed by atoms with Gasteiger partial charge in [0, 0.05) is 0 Å². The van der Waals surface area contributed by atoms with Crippen molar-refractivity contribution in [1.29, 1.82) is 0 Å². The van der Waals surface area contributed by atoms with Crippen LogP contribution in [-0.2, 0) is 13.0 Å². The van der Waals surface area contributed by atoms with Crippen molar-refractivity contribution in [2.24, 2.45) is 0 Å². The SMILES string of the molecule is CBCc1c(CF)nc2ccc(Cl)nn12. The van der Waals surface area contributed by atoms with Gasteiger partial charge in [0.1, 0.15) is 19.1 Å². The standard InChI is InChI=1S/C9H10BClFN3/c1-10-4-7-6(5-12)13-9-3-2-8(11)14-15(7)9/h2-3,10H,4-5H2,1H3. The van der Waals surface area contributed by atoms with Crippen LogP contribution in [0.1, 0.15) is 11.4 Å². The number of fused-ring (bicyclic) bond motifs is 1. The number of halogens is 2. The summed E-state index contributed by atoms with van der Waals surface area (Å²) >= 11 is 5.79. The van der Waals surface area contributed by atoms with Crippen molar-refractivity contribution >= 4 is 24.5 Å². The highest BCUT2D eigenvalue weighted by molar-refractivity contribution is 6.32. The zero-order valence-corrected chi connectivity index (χ0v) is 9.13. The van der Waals surface area contributed by atoms with Crippen LogP contribution < -0.4 is 0 Å². The largest absolute Gasteiger partial charge is 0.244 e. The van der Waals surface area contributed by atoms with Gasteiger partial charge in [0.15, 0.2) is 5.65 Å². The maximum atomic E-state index is 12.7. The van der Waals surface area contributed by atoms with E-state index < -0.39 is 6.67 Å². The van der Waals surface area contributed by atoms with Gasteiger partial charge in [-0.05, 0) is 18.5 Å². The lowest BCUT2D eigenvalue weighted by Crippen LogP contribution is -2.02. The highest BCUT2D eigenvalue weighted by atomic mass is 35.5. The molecule has 0 fully saturated rings. The van der Waals surface area contributed by atoms with Gasteiger partial charge in [-0.2, -0.15) is 5.10 Å². The number of alkyl halides is 1. The molecule has 0 amide bonds. The van der Waals surface area contributed by atoms with Crippen LogP contribution in [0.3, 0.4) is 0 Å². The van der Waals surface area contributed by atoms with E-state index in [1.807, 2.05) is 6.82 Å².